The highest BCUT2D eigenvalue weighted by atomic mass is 16.5. The van der Waals surface area contributed by atoms with Crippen molar-refractivity contribution < 1.29 is 28.6 Å². The summed E-state index contributed by atoms with van der Waals surface area (Å²) >= 11 is 0. The number of urea groups is 1. The zero-order valence-corrected chi connectivity index (χ0v) is 27.1. The Hall–Kier alpha value is -4.57. The normalized spacial score (nSPS) is 13.7. The molecule has 0 aromatic heterocycles. The van der Waals surface area contributed by atoms with Crippen LogP contribution in [0.3, 0.4) is 0 Å². The molecule has 3 aromatic carbocycles. The second-order valence-corrected chi connectivity index (χ2v) is 11.8. The van der Waals surface area contributed by atoms with E-state index in [0.717, 1.165) is 42.9 Å². The number of methoxy groups -OCH3 is 1. The van der Waals surface area contributed by atoms with E-state index in [1.807, 2.05) is 38.1 Å². The number of esters is 1. The predicted molar refractivity (Wildman–Crippen MR) is 181 cm³/mol. The molecule has 0 saturated carbocycles. The number of piperidine rings is 1. The number of nitrogens with one attached hydrogen (secondary N) is 3. The molecule has 246 valence electrons. The van der Waals surface area contributed by atoms with Crippen LogP contribution in [0.5, 0.6) is 11.5 Å². The molecule has 1 unspecified atom stereocenters. The largest absolute Gasteiger partial charge is 0.490 e. The molecule has 3 N–H and O–H groups in total. The van der Waals surface area contributed by atoms with Crippen LogP contribution in [0.2, 0.25) is 0 Å². The van der Waals surface area contributed by atoms with Gasteiger partial charge in [0.2, 0.25) is 5.91 Å². The number of anilines is 3. The highest BCUT2D eigenvalue weighted by molar-refractivity contribution is 6.00. The van der Waals surface area contributed by atoms with Crippen LogP contribution in [-0.2, 0) is 20.7 Å². The fraction of sp³-hybridized carbons (Fsp3) is 0.417. The van der Waals surface area contributed by atoms with Crippen molar-refractivity contribution in [2.45, 2.75) is 52.4 Å². The molecule has 1 aliphatic heterocycles. The number of hydrogen-bond acceptors (Lipinski definition) is 7. The summed E-state index contributed by atoms with van der Waals surface area (Å²) in [5.74, 6) is 0.547. The number of carbonyl (C=O) groups excluding carboxylic acids is 3. The van der Waals surface area contributed by atoms with Crippen molar-refractivity contribution in [3.8, 4) is 11.5 Å². The summed E-state index contributed by atoms with van der Waals surface area (Å²) in [7, 11) is 1.37. The van der Waals surface area contributed by atoms with Gasteiger partial charge in [-0.05, 0) is 80.7 Å². The van der Waals surface area contributed by atoms with E-state index in [0.29, 0.717) is 36.1 Å². The molecular formula is C36H46N4O6. The van der Waals surface area contributed by atoms with E-state index in [9.17, 15) is 14.4 Å². The molecule has 4 rings (SSSR count). The molecule has 10 heteroatoms. The van der Waals surface area contributed by atoms with Crippen LogP contribution in [0.25, 0.3) is 0 Å². The van der Waals surface area contributed by atoms with Crippen molar-refractivity contribution in [1.82, 2.24) is 4.90 Å². The fourth-order valence-electron chi connectivity index (χ4n) is 5.22. The minimum absolute atomic E-state index is 0.0661. The Morgan fingerprint density at radius 3 is 2.33 bits per heavy atom. The van der Waals surface area contributed by atoms with Crippen molar-refractivity contribution in [1.29, 1.82) is 0 Å². The van der Waals surface area contributed by atoms with Crippen LogP contribution in [0.15, 0.2) is 66.7 Å². The molecule has 1 aliphatic rings. The van der Waals surface area contributed by atoms with E-state index in [1.165, 1.54) is 26.4 Å². The molecule has 0 spiro atoms. The molecule has 3 amide bonds. The summed E-state index contributed by atoms with van der Waals surface area (Å²) < 4.78 is 17.0. The van der Waals surface area contributed by atoms with Gasteiger partial charge in [0.1, 0.15) is 0 Å². The van der Waals surface area contributed by atoms with Crippen LogP contribution < -0.4 is 25.4 Å². The predicted octanol–water partition coefficient (Wildman–Crippen LogP) is 6.65. The minimum atomic E-state index is -0.341. The van der Waals surface area contributed by atoms with E-state index in [2.05, 4.69) is 20.9 Å². The van der Waals surface area contributed by atoms with Crippen molar-refractivity contribution in [3.63, 3.8) is 0 Å². The first-order chi connectivity index (χ1) is 22.3. The van der Waals surface area contributed by atoms with Crippen molar-refractivity contribution in [3.05, 3.63) is 77.9 Å². The molecule has 1 atom stereocenters. The lowest BCUT2D eigenvalue weighted by Gasteiger charge is -2.26. The van der Waals surface area contributed by atoms with Gasteiger partial charge < -0.3 is 35.1 Å². The maximum absolute atomic E-state index is 12.9. The Kier molecular flexibility index (Phi) is 13.3. The SMILES string of the molecule is COC(=O)CC(C)COc1cc(NC(=O)Cc2ccc(NC(=O)Nc3ccccc3C)cc2)ccc1OCCCN1CCCCC1. The lowest BCUT2D eigenvalue weighted by molar-refractivity contribution is -0.141. The molecule has 3 aromatic rings. The van der Waals surface area contributed by atoms with Gasteiger partial charge in [-0.1, -0.05) is 43.7 Å². The Morgan fingerprint density at radius 1 is 0.848 bits per heavy atom. The third-order valence-electron chi connectivity index (χ3n) is 7.79. The number of hydrogen-bond donors (Lipinski definition) is 3. The molecule has 10 nitrogen and oxygen atoms in total. The van der Waals surface area contributed by atoms with E-state index < -0.39 is 0 Å². The van der Waals surface area contributed by atoms with Crippen LogP contribution >= 0.6 is 0 Å². The molecule has 46 heavy (non-hydrogen) atoms. The number of likely N-dealkylation sites (tertiary alicyclic amines) is 1. The summed E-state index contributed by atoms with van der Waals surface area (Å²) in [6, 6.07) is 19.7. The number of rotatable bonds is 15. The zero-order chi connectivity index (χ0) is 32.7. The number of carbonyl (C=O) groups is 3. The van der Waals surface area contributed by atoms with Crippen LogP contribution in [0.4, 0.5) is 21.9 Å². The highest BCUT2D eigenvalue weighted by Gasteiger charge is 2.15. The van der Waals surface area contributed by atoms with Gasteiger partial charge >= 0.3 is 12.0 Å². The topological polar surface area (TPSA) is 118 Å². The molecular weight excluding hydrogens is 584 g/mol. The summed E-state index contributed by atoms with van der Waals surface area (Å²) in [5, 5.41) is 8.59. The first-order valence-corrected chi connectivity index (χ1v) is 16.0. The first-order valence-electron chi connectivity index (χ1n) is 16.0. The highest BCUT2D eigenvalue weighted by Crippen LogP contribution is 2.31. The van der Waals surface area contributed by atoms with E-state index in [-0.39, 0.29) is 36.7 Å². The van der Waals surface area contributed by atoms with Gasteiger partial charge in [0, 0.05) is 35.6 Å². The standard InChI is InChI=1S/C36H46N4O6/c1-26(22-35(42)44-3)25-46-33-24-30(16-17-32(33)45-21-9-20-40-18-7-4-8-19-40)37-34(41)23-28-12-14-29(15-13-28)38-36(43)39-31-11-6-5-10-27(31)2/h5-6,10-17,24,26H,4,7-9,18-23,25H2,1-3H3,(H,37,41)(H2,38,39,43). The van der Waals surface area contributed by atoms with Crippen molar-refractivity contribution >= 4 is 35.0 Å². The summed E-state index contributed by atoms with van der Waals surface area (Å²) in [4.78, 5) is 39.5. The minimum Gasteiger partial charge on any atom is -0.490 e. The second-order valence-electron chi connectivity index (χ2n) is 11.8. The number of para-hydroxylation sites is 1. The number of nitrogens with zero attached hydrogens (tertiary/aromatic N) is 1. The van der Waals surface area contributed by atoms with E-state index in [1.54, 1.807) is 42.5 Å². The van der Waals surface area contributed by atoms with Gasteiger partial charge in [-0.2, -0.15) is 0 Å². The van der Waals surface area contributed by atoms with Gasteiger partial charge in [-0.3, -0.25) is 9.59 Å². The Morgan fingerprint density at radius 2 is 1.59 bits per heavy atom. The third-order valence-corrected chi connectivity index (χ3v) is 7.79. The molecule has 0 aliphatic carbocycles. The van der Waals surface area contributed by atoms with E-state index in [4.69, 9.17) is 14.2 Å². The number of aryl methyl sites for hydroxylation is 1. The number of ether oxygens (including phenoxy) is 3. The van der Waals surface area contributed by atoms with Gasteiger partial charge in [-0.25, -0.2) is 4.79 Å². The van der Waals surface area contributed by atoms with Crippen molar-refractivity contribution in [2.75, 3.05) is 55.9 Å². The van der Waals surface area contributed by atoms with Crippen molar-refractivity contribution in [2.24, 2.45) is 5.92 Å². The quantitative estimate of drug-likeness (QED) is 0.127. The molecule has 0 radical (unpaired) electrons. The molecule has 1 heterocycles. The van der Waals surface area contributed by atoms with E-state index >= 15 is 0 Å². The molecule has 1 fully saturated rings. The Bertz CT molecular complexity index is 1440. The lowest BCUT2D eigenvalue weighted by Crippen LogP contribution is -2.31. The van der Waals surface area contributed by atoms with Gasteiger partial charge in [0.25, 0.3) is 0 Å². The Balaban J connectivity index is 1.31. The maximum atomic E-state index is 12.9. The monoisotopic (exact) mass is 630 g/mol. The first kappa shape index (κ1) is 34.3. The average Bonchev–Trinajstić information content (AvgIpc) is 3.05. The summed E-state index contributed by atoms with van der Waals surface area (Å²) in [6.45, 7) is 7.98. The van der Waals surface area contributed by atoms with Crippen LogP contribution in [0.1, 0.15) is 50.2 Å². The smallest absolute Gasteiger partial charge is 0.323 e. The second kappa shape index (κ2) is 17.8. The summed E-state index contributed by atoms with van der Waals surface area (Å²) in [5.41, 5.74) is 3.70. The van der Waals surface area contributed by atoms with Gasteiger partial charge in [-0.15, -0.1) is 0 Å². The number of benzene rings is 3. The Labute approximate surface area is 271 Å². The summed E-state index contributed by atoms with van der Waals surface area (Å²) in [6.07, 6.45) is 5.12. The number of amides is 3. The van der Waals surface area contributed by atoms with Gasteiger partial charge in [0.05, 0.1) is 33.2 Å². The zero-order valence-electron chi connectivity index (χ0n) is 27.1. The fourth-order valence-corrected chi connectivity index (χ4v) is 5.22. The van der Waals surface area contributed by atoms with Crippen LogP contribution in [0, 0.1) is 12.8 Å². The maximum Gasteiger partial charge on any atom is 0.323 e. The van der Waals surface area contributed by atoms with Crippen LogP contribution in [-0.4, -0.2) is 62.8 Å². The molecule has 1 saturated heterocycles. The average molecular weight is 631 g/mol. The van der Waals surface area contributed by atoms with Gasteiger partial charge in [0.15, 0.2) is 11.5 Å². The third kappa shape index (κ3) is 11.4. The lowest BCUT2D eigenvalue weighted by atomic mass is 10.1. The molecule has 0 bridgehead atoms.